The van der Waals surface area contributed by atoms with E-state index in [4.69, 9.17) is 9.47 Å². The largest absolute Gasteiger partial charge is 0.493 e. The van der Waals surface area contributed by atoms with Crippen LogP contribution in [0.1, 0.15) is 29.6 Å². The summed E-state index contributed by atoms with van der Waals surface area (Å²) in [6, 6.07) is 12.4. The van der Waals surface area contributed by atoms with Crippen LogP contribution >= 0.6 is 0 Å². The van der Waals surface area contributed by atoms with Crippen LogP contribution in [0, 0.1) is 5.82 Å². The predicted octanol–water partition coefficient (Wildman–Crippen LogP) is 2.75. The summed E-state index contributed by atoms with van der Waals surface area (Å²) < 4.78 is 23.9. The molecule has 0 N–H and O–H groups in total. The van der Waals surface area contributed by atoms with E-state index in [1.54, 1.807) is 24.3 Å². The highest BCUT2D eigenvalue weighted by molar-refractivity contribution is 6.15. The lowest BCUT2D eigenvalue weighted by molar-refractivity contribution is -0.156. The minimum Gasteiger partial charge on any atom is -0.493 e. The van der Waals surface area contributed by atoms with Crippen LogP contribution in [-0.2, 0) is 14.3 Å². The van der Waals surface area contributed by atoms with Gasteiger partial charge in [0.15, 0.2) is 0 Å². The number of para-hydroxylation sites is 1. The van der Waals surface area contributed by atoms with Crippen molar-refractivity contribution in [1.82, 2.24) is 4.90 Å². The average molecular weight is 412 g/mol. The number of anilines is 1. The molecule has 0 saturated carbocycles. The van der Waals surface area contributed by atoms with E-state index >= 15 is 0 Å². The Morgan fingerprint density at radius 1 is 1.10 bits per heavy atom. The first kappa shape index (κ1) is 19.9. The number of fused-ring (bicyclic) bond motifs is 3. The summed E-state index contributed by atoms with van der Waals surface area (Å²) in [5, 5.41) is 0. The second-order valence-corrected chi connectivity index (χ2v) is 7.22. The molecule has 2 aromatic carbocycles. The smallest absolute Gasteiger partial charge is 0.353 e. The average Bonchev–Trinajstić information content (AvgIpc) is 3.11. The minimum absolute atomic E-state index is 0.0630. The summed E-state index contributed by atoms with van der Waals surface area (Å²) in [6.45, 7) is 0.333. The van der Waals surface area contributed by atoms with Gasteiger partial charge in [-0.1, -0.05) is 12.1 Å². The first-order chi connectivity index (χ1) is 14.4. The topological polar surface area (TPSA) is 76.2 Å². The molecule has 8 heteroatoms. The molecule has 2 amide bonds. The number of ether oxygens (including phenoxy) is 2. The highest BCUT2D eigenvalue weighted by Gasteiger charge is 2.60. The van der Waals surface area contributed by atoms with Crippen LogP contribution in [0.2, 0.25) is 0 Å². The van der Waals surface area contributed by atoms with Gasteiger partial charge in [-0.25, -0.2) is 9.18 Å². The zero-order valence-corrected chi connectivity index (χ0v) is 16.5. The van der Waals surface area contributed by atoms with Crippen molar-refractivity contribution in [3.05, 3.63) is 59.9 Å². The second-order valence-electron chi connectivity index (χ2n) is 7.22. The number of nitrogens with zero attached hydrogens (tertiary/aromatic N) is 2. The van der Waals surface area contributed by atoms with E-state index in [-0.39, 0.29) is 43.7 Å². The zero-order chi connectivity index (χ0) is 21.3. The molecule has 2 aliphatic rings. The Balaban J connectivity index is 1.44. The van der Waals surface area contributed by atoms with Gasteiger partial charge in [-0.05, 0) is 36.4 Å². The number of esters is 1. The third kappa shape index (κ3) is 3.18. The van der Waals surface area contributed by atoms with E-state index in [9.17, 15) is 18.8 Å². The molecule has 1 saturated heterocycles. The maximum atomic E-state index is 13.1. The van der Waals surface area contributed by atoms with Crippen LogP contribution < -0.4 is 9.64 Å². The normalized spacial score (nSPS) is 20.1. The molecule has 1 unspecified atom stereocenters. The molecule has 0 bridgehead atoms. The van der Waals surface area contributed by atoms with Crippen LogP contribution in [-0.4, -0.2) is 48.6 Å². The van der Waals surface area contributed by atoms with Crippen LogP contribution in [0.4, 0.5) is 10.1 Å². The molecule has 0 aliphatic carbocycles. The monoisotopic (exact) mass is 412 g/mol. The fourth-order valence-electron chi connectivity index (χ4n) is 3.95. The first-order valence-corrected chi connectivity index (χ1v) is 9.71. The summed E-state index contributed by atoms with van der Waals surface area (Å²) in [7, 11) is 1.52. The van der Waals surface area contributed by atoms with E-state index in [1.165, 1.54) is 41.1 Å². The lowest BCUT2D eigenvalue weighted by Crippen LogP contribution is -2.67. The molecule has 2 aliphatic heterocycles. The van der Waals surface area contributed by atoms with Gasteiger partial charge in [0.05, 0.1) is 24.5 Å². The van der Waals surface area contributed by atoms with Crippen molar-refractivity contribution in [3.63, 3.8) is 0 Å². The van der Waals surface area contributed by atoms with Crippen LogP contribution in [0.3, 0.4) is 0 Å². The highest BCUT2D eigenvalue weighted by Crippen LogP contribution is 2.44. The van der Waals surface area contributed by atoms with Crippen molar-refractivity contribution in [2.45, 2.75) is 24.9 Å². The van der Waals surface area contributed by atoms with Crippen LogP contribution in [0.5, 0.6) is 5.75 Å². The Morgan fingerprint density at radius 3 is 2.60 bits per heavy atom. The summed E-state index contributed by atoms with van der Waals surface area (Å²) in [5.74, 6) is -1.02. The van der Waals surface area contributed by atoms with Crippen LogP contribution in [0.25, 0.3) is 0 Å². The fourth-order valence-corrected chi connectivity index (χ4v) is 3.95. The third-order valence-electron chi connectivity index (χ3n) is 5.47. The zero-order valence-electron chi connectivity index (χ0n) is 16.5. The van der Waals surface area contributed by atoms with Gasteiger partial charge < -0.3 is 14.4 Å². The van der Waals surface area contributed by atoms with Crippen molar-refractivity contribution >= 4 is 23.5 Å². The number of benzene rings is 2. The molecule has 156 valence electrons. The molecular formula is C22H21FN2O5. The number of carbonyl (C=O) groups excluding carboxylic acids is 3. The molecule has 1 atom stereocenters. The molecule has 4 rings (SSSR count). The summed E-state index contributed by atoms with van der Waals surface area (Å²) in [5.41, 5.74) is -0.661. The number of rotatable bonds is 6. The molecule has 2 aromatic rings. The van der Waals surface area contributed by atoms with Gasteiger partial charge in [0, 0.05) is 26.3 Å². The lowest BCUT2D eigenvalue weighted by atomic mass is 9.97. The number of hydrogen-bond donors (Lipinski definition) is 0. The Kier molecular flexibility index (Phi) is 5.15. The minimum atomic E-state index is -1.47. The number of halogens is 1. The van der Waals surface area contributed by atoms with Crippen molar-refractivity contribution in [1.29, 1.82) is 0 Å². The number of carbonyl (C=O) groups is 3. The van der Waals surface area contributed by atoms with Crippen molar-refractivity contribution in [2.75, 3.05) is 25.2 Å². The van der Waals surface area contributed by atoms with Crippen LogP contribution in [0.15, 0.2) is 48.5 Å². The molecule has 0 radical (unpaired) electrons. The Morgan fingerprint density at radius 2 is 1.83 bits per heavy atom. The Bertz CT molecular complexity index is 993. The van der Waals surface area contributed by atoms with E-state index in [1.807, 2.05) is 0 Å². The van der Waals surface area contributed by atoms with Gasteiger partial charge in [0.1, 0.15) is 11.6 Å². The molecule has 0 aromatic heterocycles. The van der Waals surface area contributed by atoms with Gasteiger partial charge >= 0.3 is 5.97 Å². The standard InChI is InChI=1S/C22H21FN2O5/c1-24-20(27)17-5-2-3-6-18(17)25-19(26)11-12-22(24,25)21(28)30-14-4-13-29-16-9-7-15(23)8-10-16/h2-3,5-10H,4,11-14H2,1H3. The van der Waals surface area contributed by atoms with Crippen molar-refractivity contribution < 1.29 is 28.2 Å². The second kappa shape index (κ2) is 7.78. The van der Waals surface area contributed by atoms with E-state index in [2.05, 4.69) is 0 Å². The van der Waals surface area contributed by atoms with Gasteiger partial charge in [0.2, 0.25) is 11.6 Å². The molecule has 2 heterocycles. The Labute approximate surface area is 173 Å². The van der Waals surface area contributed by atoms with Crippen molar-refractivity contribution in [3.8, 4) is 5.75 Å². The quantitative estimate of drug-likeness (QED) is 0.539. The number of likely N-dealkylation sites (N-methyl/N-ethyl adjacent to an activating group) is 1. The van der Waals surface area contributed by atoms with E-state index in [0.717, 1.165) is 0 Å². The number of amides is 2. The summed E-state index contributed by atoms with van der Waals surface area (Å²) >= 11 is 0. The lowest BCUT2D eigenvalue weighted by Gasteiger charge is -2.46. The molecule has 0 spiro atoms. The van der Waals surface area contributed by atoms with Gasteiger partial charge in [-0.2, -0.15) is 0 Å². The molecular weight excluding hydrogens is 391 g/mol. The maximum Gasteiger partial charge on any atom is 0.353 e. The van der Waals surface area contributed by atoms with Crippen molar-refractivity contribution in [2.24, 2.45) is 0 Å². The third-order valence-corrected chi connectivity index (χ3v) is 5.47. The molecule has 7 nitrogen and oxygen atoms in total. The van der Waals surface area contributed by atoms with Gasteiger partial charge in [-0.3, -0.25) is 14.5 Å². The maximum absolute atomic E-state index is 13.1. The first-order valence-electron chi connectivity index (χ1n) is 9.71. The predicted molar refractivity (Wildman–Crippen MR) is 105 cm³/mol. The fraction of sp³-hybridized carbons (Fsp3) is 0.318. The molecule has 30 heavy (non-hydrogen) atoms. The summed E-state index contributed by atoms with van der Waals surface area (Å²) in [4.78, 5) is 41.3. The SMILES string of the molecule is CN1C(=O)c2ccccc2N2C(=O)CCC12C(=O)OCCCOc1ccc(F)cc1. The highest BCUT2D eigenvalue weighted by atomic mass is 19.1. The van der Waals surface area contributed by atoms with E-state index in [0.29, 0.717) is 23.4 Å². The van der Waals surface area contributed by atoms with Gasteiger partial charge in [0.25, 0.3) is 5.91 Å². The van der Waals surface area contributed by atoms with Gasteiger partial charge in [-0.15, -0.1) is 0 Å². The Hall–Kier alpha value is -3.42. The number of hydrogen-bond acceptors (Lipinski definition) is 5. The molecule has 1 fully saturated rings. The van der Waals surface area contributed by atoms with E-state index < -0.39 is 11.6 Å². The summed E-state index contributed by atoms with van der Waals surface area (Å²) in [6.07, 6.45) is 0.726.